The van der Waals surface area contributed by atoms with Crippen molar-refractivity contribution in [3.63, 3.8) is 0 Å². The van der Waals surface area contributed by atoms with Gasteiger partial charge in [0.25, 0.3) is 0 Å². The van der Waals surface area contributed by atoms with Crippen LogP contribution in [0.15, 0.2) is 30.5 Å². The Morgan fingerprint density at radius 3 is 2.88 bits per heavy atom. The number of pyridine rings is 2. The fourth-order valence-corrected chi connectivity index (χ4v) is 4.37. The summed E-state index contributed by atoms with van der Waals surface area (Å²) in [6.45, 7) is 2.26. The first kappa shape index (κ1) is 22.8. The predicted octanol–water partition coefficient (Wildman–Crippen LogP) is 2.22. The van der Waals surface area contributed by atoms with Crippen LogP contribution in [0.4, 0.5) is 10.6 Å². The molecule has 10 heteroatoms. The number of urea groups is 1. The first-order chi connectivity index (χ1) is 16.0. The maximum Gasteiger partial charge on any atom is 0.320 e. The fraction of sp³-hybridized carbons (Fsp3) is 0.478. The molecule has 1 fully saturated rings. The molecule has 2 atom stereocenters. The lowest BCUT2D eigenvalue weighted by Gasteiger charge is -2.27. The molecule has 2 aliphatic rings. The van der Waals surface area contributed by atoms with E-state index >= 15 is 0 Å². The number of carbonyl (C=O) groups excluding carboxylic acids is 1. The van der Waals surface area contributed by atoms with Crippen LogP contribution in [0, 0.1) is 0 Å². The molecule has 0 radical (unpaired) electrons. The summed E-state index contributed by atoms with van der Waals surface area (Å²) in [4.78, 5) is 36.7. The Bertz CT molecular complexity index is 999. The van der Waals surface area contributed by atoms with Gasteiger partial charge in [-0.05, 0) is 30.9 Å². The van der Waals surface area contributed by atoms with Gasteiger partial charge in [-0.15, -0.1) is 0 Å². The van der Waals surface area contributed by atoms with Gasteiger partial charge in [0.2, 0.25) is 5.88 Å². The number of fused-ring (bicyclic) bond motifs is 1. The van der Waals surface area contributed by atoms with Crippen molar-refractivity contribution in [2.75, 3.05) is 38.6 Å². The van der Waals surface area contributed by atoms with Crippen LogP contribution in [0.5, 0.6) is 5.88 Å². The van der Waals surface area contributed by atoms with Crippen LogP contribution in [0.1, 0.15) is 48.2 Å². The molecule has 0 unspecified atom stereocenters. The number of amides is 2. The first-order valence-electron chi connectivity index (χ1n) is 11.2. The highest BCUT2D eigenvalue weighted by molar-refractivity contribution is 5.78. The van der Waals surface area contributed by atoms with E-state index in [2.05, 4.69) is 15.3 Å². The lowest BCUT2D eigenvalue weighted by Crippen LogP contribution is -2.36. The number of hydrogen-bond donors (Lipinski definition) is 3. The van der Waals surface area contributed by atoms with Gasteiger partial charge in [0.15, 0.2) is 0 Å². The Balaban J connectivity index is 1.36. The van der Waals surface area contributed by atoms with E-state index in [-0.39, 0.29) is 12.5 Å². The number of carboxylic acid groups (broad SMARTS) is 1. The van der Waals surface area contributed by atoms with Gasteiger partial charge < -0.3 is 30.1 Å². The van der Waals surface area contributed by atoms with Crippen LogP contribution >= 0.6 is 0 Å². The smallest absolute Gasteiger partial charge is 0.320 e. The summed E-state index contributed by atoms with van der Waals surface area (Å²) in [5.74, 6) is 0.196. The second kappa shape index (κ2) is 10.0. The average Bonchev–Trinajstić information content (AvgIpc) is 3.17. The maximum atomic E-state index is 13.1. The third kappa shape index (κ3) is 5.16. The normalized spacial score (nSPS) is 18.6. The highest BCUT2D eigenvalue weighted by Gasteiger charge is 2.35. The van der Waals surface area contributed by atoms with Gasteiger partial charge >= 0.3 is 12.0 Å². The second-order valence-corrected chi connectivity index (χ2v) is 8.29. The van der Waals surface area contributed by atoms with Crippen LogP contribution in [0.25, 0.3) is 0 Å². The van der Waals surface area contributed by atoms with Crippen LogP contribution in [0.3, 0.4) is 0 Å². The molecule has 2 aliphatic heterocycles. The van der Waals surface area contributed by atoms with Crippen molar-refractivity contribution < 1.29 is 24.5 Å². The number of nitrogens with zero attached hydrogens (tertiary/aromatic N) is 4. The van der Waals surface area contributed by atoms with E-state index in [9.17, 15) is 19.8 Å². The van der Waals surface area contributed by atoms with E-state index in [1.54, 1.807) is 28.1 Å². The molecule has 0 aromatic carbocycles. The van der Waals surface area contributed by atoms with E-state index in [4.69, 9.17) is 4.74 Å². The van der Waals surface area contributed by atoms with Crippen molar-refractivity contribution in [1.82, 2.24) is 19.8 Å². The highest BCUT2D eigenvalue weighted by atomic mass is 16.5. The second-order valence-electron chi connectivity index (χ2n) is 8.29. The number of aryl methyl sites for hydroxylation is 1. The Labute approximate surface area is 192 Å². The number of rotatable bonds is 9. The summed E-state index contributed by atoms with van der Waals surface area (Å²) in [5, 5.41) is 22.7. The molecular weight excluding hydrogens is 426 g/mol. The summed E-state index contributed by atoms with van der Waals surface area (Å²) < 4.78 is 5.07. The summed E-state index contributed by atoms with van der Waals surface area (Å²) in [6.07, 6.45) is 3.02. The van der Waals surface area contributed by atoms with Crippen molar-refractivity contribution in [2.24, 2.45) is 0 Å². The molecule has 10 nitrogen and oxygen atoms in total. The zero-order valence-corrected chi connectivity index (χ0v) is 18.6. The maximum absolute atomic E-state index is 13.1. The lowest BCUT2D eigenvalue weighted by molar-refractivity contribution is -0.138. The van der Waals surface area contributed by atoms with Crippen molar-refractivity contribution >= 4 is 17.8 Å². The molecule has 4 heterocycles. The van der Waals surface area contributed by atoms with Crippen LogP contribution in [-0.4, -0.2) is 75.3 Å². The third-order valence-corrected chi connectivity index (χ3v) is 6.14. The summed E-state index contributed by atoms with van der Waals surface area (Å²) in [5.41, 5.74) is 2.40. The number of aromatic nitrogens is 2. The van der Waals surface area contributed by atoms with Crippen LogP contribution in [0.2, 0.25) is 0 Å². The minimum absolute atomic E-state index is 0.166. The van der Waals surface area contributed by atoms with Gasteiger partial charge in [-0.3, -0.25) is 4.79 Å². The predicted molar refractivity (Wildman–Crippen MR) is 120 cm³/mol. The largest absolute Gasteiger partial charge is 0.481 e. The molecule has 2 amide bonds. The Morgan fingerprint density at radius 2 is 2.15 bits per heavy atom. The number of carboxylic acids is 1. The van der Waals surface area contributed by atoms with Gasteiger partial charge in [0.1, 0.15) is 5.82 Å². The molecular formula is C23H29N5O5. The third-order valence-electron chi connectivity index (χ3n) is 6.14. The van der Waals surface area contributed by atoms with E-state index in [1.165, 1.54) is 7.11 Å². The summed E-state index contributed by atoms with van der Waals surface area (Å²) >= 11 is 0. The van der Waals surface area contributed by atoms with Gasteiger partial charge in [-0.25, -0.2) is 14.8 Å². The van der Waals surface area contributed by atoms with E-state index in [0.717, 1.165) is 23.5 Å². The quantitative estimate of drug-likeness (QED) is 0.525. The minimum Gasteiger partial charge on any atom is -0.481 e. The Morgan fingerprint density at radius 1 is 1.30 bits per heavy atom. The number of aliphatic hydroxyl groups excluding tert-OH is 1. The molecule has 33 heavy (non-hydrogen) atoms. The average molecular weight is 456 g/mol. The van der Waals surface area contributed by atoms with Crippen LogP contribution in [-0.2, 0) is 11.2 Å². The number of nitrogens with one attached hydrogen (secondary N) is 1. The number of ether oxygens (including phenoxy) is 1. The molecule has 3 N–H and O–H groups in total. The zero-order valence-electron chi connectivity index (χ0n) is 18.6. The standard InChI is InChI=1S/C23H29N5O5/c1-33-20-7-4-15(14-25-20)18(13-21(30)31)28-12-11-27(23(28)32)10-2-3-16-5-6-17-19(29)8-9-24-22(17)26-16/h4-7,14,18-19,29H,2-3,8-13H2,1H3,(H,24,26)(H,30,31)/t18-,19-/m0/s1. The van der Waals surface area contributed by atoms with E-state index in [0.29, 0.717) is 50.5 Å². The monoisotopic (exact) mass is 455 g/mol. The summed E-state index contributed by atoms with van der Waals surface area (Å²) in [7, 11) is 1.51. The van der Waals surface area contributed by atoms with Gasteiger partial charge in [0.05, 0.1) is 25.7 Å². The number of hydrogen-bond acceptors (Lipinski definition) is 7. The van der Waals surface area contributed by atoms with Crippen molar-refractivity contribution in [1.29, 1.82) is 0 Å². The van der Waals surface area contributed by atoms with Gasteiger partial charge in [-0.1, -0.05) is 12.1 Å². The molecule has 0 aliphatic carbocycles. The number of carbonyl (C=O) groups is 2. The molecule has 2 aromatic heterocycles. The van der Waals surface area contributed by atoms with Gasteiger partial charge in [0, 0.05) is 49.7 Å². The van der Waals surface area contributed by atoms with Crippen molar-refractivity contribution in [3.8, 4) is 5.88 Å². The van der Waals surface area contributed by atoms with Crippen LogP contribution < -0.4 is 10.1 Å². The Hall–Kier alpha value is -3.40. The number of anilines is 1. The molecule has 0 saturated carbocycles. The molecule has 0 spiro atoms. The highest BCUT2D eigenvalue weighted by Crippen LogP contribution is 2.30. The molecule has 0 bridgehead atoms. The molecule has 4 rings (SSSR count). The van der Waals surface area contributed by atoms with Crippen molar-refractivity contribution in [3.05, 3.63) is 47.3 Å². The minimum atomic E-state index is -0.973. The Kier molecular flexibility index (Phi) is 6.93. The molecule has 2 aromatic rings. The number of methoxy groups -OCH3 is 1. The first-order valence-corrected chi connectivity index (χ1v) is 11.2. The molecule has 1 saturated heterocycles. The number of aliphatic carboxylic acids is 1. The van der Waals surface area contributed by atoms with Crippen molar-refractivity contribution in [2.45, 2.75) is 37.8 Å². The zero-order chi connectivity index (χ0) is 23.4. The van der Waals surface area contributed by atoms with E-state index in [1.807, 2.05) is 12.1 Å². The molecule has 176 valence electrons. The topological polar surface area (TPSA) is 128 Å². The fourth-order valence-electron chi connectivity index (χ4n) is 4.37. The SMILES string of the molecule is COc1ccc([C@H](CC(=O)O)N2CCN(CCCc3ccc4c(n3)NCC[C@@H]4O)C2=O)cn1. The lowest BCUT2D eigenvalue weighted by atomic mass is 10.0. The van der Waals surface area contributed by atoms with Gasteiger partial charge in [-0.2, -0.15) is 0 Å². The summed E-state index contributed by atoms with van der Waals surface area (Å²) in [6, 6.07) is 6.51. The van der Waals surface area contributed by atoms with E-state index < -0.39 is 18.1 Å². The number of aliphatic hydroxyl groups is 1.